The van der Waals surface area contributed by atoms with Crippen molar-refractivity contribution in [1.82, 2.24) is 10.1 Å². The number of hydrogen-bond acceptors (Lipinski definition) is 6. The van der Waals surface area contributed by atoms with Crippen molar-refractivity contribution in [3.63, 3.8) is 0 Å². The highest BCUT2D eigenvalue weighted by atomic mass is 32.1. The van der Waals surface area contributed by atoms with Crippen molar-refractivity contribution in [2.24, 2.45) is 0 Å². The van der Waals surface area contributed by atoms with Crippen LogP contribution in [0.3, 0.4) is 0 Å². The van der Waals surface area contributed by atoms with E-state index in [0.717, 1.165) is 10.4 Å². The molecule has 0 aliphatic heterocycles. The molecular weight excluding hydrogens is 293 g/mol. The molecule has 0 unspecified atom stereocenters. The van der Waals surface area contributed by atoms with Crippen LogP contribution in [0.25, 0.3) is 22.2 Å². The van der Waals surface area contributed by atoms with Gasteiger partial charge in [-0.25, -0.2) is 4.39 Å². The Balaban J connectivity index is 2.00. The van der Waals surface area contributed by atoms with Gasteiger partial charge in [0, 0.05) is 5.56 Å². The molecule has 1 aromatic carbocycles. The second kappa shape index (κ2) is 5.17. The molecule has 2 aromatic heterocycles. The molecule has 3 aromatic rings. The fraction of sp³-hybridized carbons (Fsp3) is 0.143. The maximum Gasteiger partial charge on any atom is 0.270 e. The maximum atomic E-state index is 13.4. The molecule has 5 nitrogen and oxygen atoms in total. The normalized spacial score (nSPS) is 10.8. The SMILES string of the molecule is COc1cc(-c2noc(-c3scc(C)c3N)n2)ccc1F. The molecule has 0 aliphatic carbocycles. The number of aryl methyl sites for hydroxylation is 1. The van der Waals surface area contributed by atoms with Crippen LogP contribution in [-0.2, 0) is 0 Å². The number of methoxy groups -OCH3 is 1. The van der Waals surface area contributed by atoms with E-state index in [4.69, 9.17) is 15.0 Å². The van der Waals surface area contributed by atoms with Gasteiger partial charge in [0.15, 0.2) is 11.6 Å². The molecule has 3 rings (SSSR count). The molecule has 0 saturated heterocycles. The zero-order chi connectivity index (χ0) is 15.0. The Hall–Kier alpha value is -2.41. The van der Waals surface area contributed by atoms with Crippen molar-refractivity contribution in [2.45, 2.75) is 6.92 Å². The summed E-state index contributed by atoms with van der Waals surface area (Å²) in [6, 6.07) is 4.39. The van der Waals surface area contributed by atoms with E-state index in [0.29, 0.717) is 23.0 Å². The molecule has 0 spiro atoms. The quantitative estimate of drug-likeness (QED) is 0.801. The predicted molar refractivity (Wildman–Crippen MR) is 78.7 cm³/mol. The van der Waals surface area contributed by atoms with E-state index in [1.165, 1.54) is 30.6 Å². The summed E-state index contributed by atoms with van der Waals surface area (Å²) in [7, 11) is 1.40. The zero-order valence-electron chi connectivity index (χ0n) is 11.4. The number of hydrogen-bond donors (Lipinski definition) is 1. The van der Waals surface area contributed by atoms with Crippen molar-refractivity contribution < 1.29 is 13.7 Å². The van der Waals surface area contributed by atoms with Crippen LogP contribution in [0.4, 0.5) is 10.1 Å². The summed E-state index contributed by atoms with van der Waals surface area (Å²) in [5, 5.41) is 5.83. The third-order valence-corrected chi connectivity index (χ3v) is 4.15. The second-order valence-corrected chi connectivity index (χ2v) is 5.31. The molecule has 2 heterocycles. The zero-order valence-corrected chi connectivity index (χ0v) is 12.2. The lowest BCUT2D eigenvalue weighted by molar-refractivity contribution is 0.386. The predicted octanol–water partition coefficient (Wildman–Crippen LogP) is 3.50. The van der Waals surface area contributed by atoms with Gasteiger partial charge in [-0.1, -0.05) is 5.16 Å². The van der Waals surface area contributed by atoms with Crippen LogP contribution >= 0.6 is 11.3 Å². The van der Waals surface area contributed by atoms with E-state index >= 15 is 0 Å². The minimum absolute atomic E-state index is 0.130. The number of rotatable bonds is 3. The van der Waals surface area contributed by atoms with Crippen LogP contribution in [0.15, 0.2) is 28.1 Å². The van der Waals surface area contributed by atoms with Gasteiger partial charge in [0.05, 0.1) is 12.8 Å². The van der Waals surface area contributed by atoms with Crippen molar-refractivity contribution in [1.29, 1.82) is 0 Å². The average Bonchev–Trinajstić information content (AvgIpc) is 3.08. The maximum absolute atomic E-state index is 13.4. The molecular formula is C14H12FN3O2S. The van der Waals surface area contributed by atoms with Gasteiger partial charge in [0.1, 0.15) is 4.88 Å². The summed E-state index contributed by atoms with van der Waals surface area (Å²) in [5.74, 6) is 0.395. The number of halogens is 1. The van der Waals surface area contributed by atoms with E-state index in [9.17, 15) is 4.39 Å². The first kappa shape index (κ1) is 13.6. The fourth-order valence-electron chi connectivity index (χ4n) is 1.85. The molecule has 0 saturated carbocycles. The summed E-state index contributed by atoms with van der Waals surface area (Å²) < 4.78 is 23.6. The third kappa shape index (κ3) is 2.36. The van der Waals surface area contributed by atoms with Crippen LogP contribution < -0.4 is 10.5 Å². The minimum atomic E-state index is -0.442. The van der Waals surface area contributed by atoms with Gasteiger partial charge in [-0.05, 0) is 36.1 Å². The monoisotopic (exact) mass is 305 g/mol. The second-order valence-electron chi connectivity index (χ2n) is 4.43. The topological polar surface area (TPSA) is 74.2 Å². The van der Waals surface area contributed by atoms with Gasteiger partial charge in [-0.2, -0.15) is 4.98 Å². The van der Waals surface area contributed by atoms with E-state index < -0.39 is 5.82 Å². The number of benzene rings is 1. The van der Waals surface area contributed by atoms with Gasteiger partial charge < -0.3 is 15.0 Å². The average molecular weight is 305 g/mol. The van der Waals surface area contributed by atoms with Crippen molar-refractivity contribution in [3.8, 4) is 27.9 Å². The van der Waals surface area contributed by atoms with Crippen LogP contribution in [-0.4, -0.2) is 17.3 Å². The molecule has 0 aliphatic rings. The number of thiophene rings is 1. The highest BCUT2D eigenvalue weighted by molar-refractivity contribution is 7.14. The minimum Gasteiger partial charge on any atom is -0.494 e. The van der Waals surface area contributed by atoms with E-state index in [-0.39, 0.29) is 5.75 Å². The number of aromatic nitrogens is 2. The number of ether oxygens (including phenoxy) is 1. The Kier molecular flexibility index (Phi) is 3.34. The number of nitrogen functional groups attached to an aromatic ring is 1. The lowest BCUT2D eigenvalue weighted by Crippen LogP contribution is -1.90. The lowest BCUT2D eigenvalue weighted by atomic mass is 10.2. The molecule has 0 radical (unpaired) electrons. The van der Waals surface area contributed by atoms with Crippen molar-refractivity contribution in [2.75, 3.05) is 12.8 Å². The first-order chi connectivity index (χ1) is 10.1. The van der Waals surface area contributed by atoms with Crippen molar-refractivity contribution in [3.05, 3.63) is 35.0 Å². The molecule has 0 amide bonds. The summed E-state index contributed by atoms with van der Waals surface area (Å²) >= 11 is 1.44. The highest BCUT2D eigenvalue weighted by Gasteiger charge is 2.17. The van der Waals surface area contributed by atoms with Gasteiger partial charge in [0.25, 0.3) is 5.89 Å². The number of nitrogens with two attached hydrogens (primary N) is 1. The first-order valence-electron chi connectivity index (χ1n) is 6.11. The Morgan fingerprint density at radius 2 is 2.19 bits per heavy atom. The van der Waals surface area contributed by atoms with Crippen LogP contribution in [0.2, 0.25) is 0 Å². The molecule has 21 heavy (non-hydrogen) atoms. The van der Waals surface area contributed by atoms with Crippen molar-refractivity contribution >= 4 is 17.0 Å². The molecule has 2 N–H and O–H groups in total. The molecule has 0 atom stereocenters. The Labute approximate surface area is 124 Å². The van der Waals surface area contributed by atoms with E-state index in [2.05, 4.69) is 10.1 Å². The van der Waals surface area contributed by atoms with Crippen LogP contribution in [0.5, 0.6) is 5.75 Å². The van der Waals surface area contributed by atoms with Crippen LogP contribution in [0, 0.1) is 12.7 Å². The third-order valence-electron chi connectivity index (χ3n) is 3.05. The molecule has 108 valence electrons. The van der Waals surface area contributed by atoms with Gasteiger partial charge in [-0.15, -0.1) is 11.3 Å². The number of nitrogens with zero attached hydrogens (tertiary/aromatic N) is 2. The summed E-state index contributed by atoms with van der Waals surface area (Å²) in [6.45, 7) is 1.91. The summed E-state index contributed by atoms with van der Waals surface area (Å²) in [6.07, 6.45) is 0. The van der Waals surface area contributed by atoms with E-state index in [1.807, 2.05) is 12.3 Å². The first-order valence-corrected chi connectivity index (χ1v) is 6.99. The largest absolute Gasteiger partial charge is 0.494 e. The van der Waals surface area contributed by atoms with Gasteiger partial charge >= 0.3 is 0 Å². The summed E-state index contributed by atoms with van der Waals surface area (Å²) in [5.41, 5.74) is 8.17. The molecule has 7 heteroatoms. The molecule has 0 fully saturated rings. The lowest BCUT2D eigenvalue weighted by Gasteiger charge is -2.02. The van der Waals surface area contributed by atoms with Crippen LogP contribution in [0.1, 0.15) is 5.56 Å². The Morgan fingerprint density at radius 3 is 2.86 bits per heavy atom. The Bertz CT molecular complexity index is 797. The number of anilines is 1. The molecule has 0 bridgehead atoms. The van der Waals surface area contributed by atoms with E-state index in [1.54, 1.807) is 6.07 Å². The Morgan fingerprint density at radius 1 is 1.38 bits per heavy atom. The highest BCUT2D eigenvalue weighted by Crippen LogP contribution is 2.35. The fourth-order valence-corrected chi connectivity index (χ4v) is 2.74. The summed E-state index contributed by atoms with van der Waals surface area (Å²) in [4.78, 5) is 5.04. The standard InChI is InChI=1S/C14H12FN3O2S/c1-7-6-21-12(11(7)16)14-17-13(18-20-14)8-3-4-9(15)10(5-8)19-2/h3-6H,16H2,1-2H3. The van der Waals surface area contributed by atoms with Gasteiger partial charge in [0.2, 0.25) is 5.82 Å². The smallest absolute Gasteiger partial charge is 0.270 e. The van der Waals surface area contributed by atoms with Gasteiger partial charge in [-0.3, -0.25) is 0 Å².